The predicted octanol–water partition coefficient (Wildman–Crippen LogP) is 2.57. The maximum Gasteiger partial charge on any atom is 0.337 e. The van der Waals surface area contributed by atoms with Crippen molar-refractivity contribution in [3.63, 3.8) is 0 Å². The summed E-state index contributed by atoms with van der Waals surface area (Å²) >= 11 is 1.20. The second-order valence-electron chi connectivity index (χ2n) is 5.94. The van der Waals surface area contributed by atoms with Crippen molar-refractivity contribution in [1.82, 2.24) is 14.8 Å². The summed E-state index contributed by atoms with van der Waals surface area (Å²) in [6, 6.07) is 13.7. The lowest BCUT2D eigenvalue weighted by Crippen LogP contribution is -2.16. The number of hydrogen-bond donors (Lipinski definition) is 1. The molecule has 1 N–H and O–H groups in total. The molecule has 0 radical (unpaired) electrons. The summed E-state index contributed by atoms with van der Waals surface area (Å²) in [5.74, 6) is -1.58. The largest absolute Gasteiger partial charge is 0.465 e. The van der Waals surface area contributed by atoms with Gasteiger partial charge in [0, 0.05) is 11.4 Å². The van der Waals surface area contributed by atoms with Crippen LogP contribution in [0.4, 0.5) is 5.69 Å². The fraction of sp³-hybridized carbons (Fsp3) is 0.150. The number of anilines is 1. The number of para-hydroxylation sites is 1. The van der Waals surface area contributed by atoms with Gasteiger partial charge in [0.15, 0.2) is 5.16 Å². The van der Waals surface area contributed by atoms with Gasteiger partial charge in [-0.05, 0) is 30.3 Å². The van der Waals surface area contributed by atoms with E-state index in [1.165, 1.54) is 44.2 Å². The van der Waals surface area contributed by atoms with Crippen LogP contribution in [-0.4, -0.2) is 52.6 Å². The molecule has 0 fully saturated rings. The minimum atomic E-state index is -0.637. The van der Waals surface area contributed by atoms with Crippen LogP contribution in [0.5, 0.6) is 0 Å². The SMILES string of the molecule is COC(=O)c1cc(NC(=O)CSc2nncn2-c2ccccc2)cc(C(=O)OC)c1. The molecular formula is C20H18N4O5S. The first-order chi connectivity index (χ1) is 14.5. The molecule has 3 rings (SSSR count). The van der Waals surface area contributed by atoms with Crippen LogP contribution < -0.4 is 5.32 Å². The van der Waals surface area contributed by atoms with Crippen molar-refractivity contribution in [3.8, 4) is 5.69 Å². The number of carbonyl (C=O) groups excluding carboxylic acids is 3. The van der Waals surface area contributed by atoms with Gasteiger partial charge in [0.1, 0.15) is 6.33 Å². The zero-order valence-corrected chi connectivity index (χ0v) is 17.0. The average molecular weight is 426 g/mol. The summed E-state index contributed by atoms with van der Waals surface area (Å²) in [7, 11) is 2.45. The summed E-state index contributed by atoms with van der Waals surface area (Å²) in [6.45, 7) is 0. The maximum atomic E-state index is 12.4. The first kappa shape index (κ1) is 21.1. The van der Waals surface area contributed by atoms with Gasteiger partial charge in [-0.25, -0.2) is 9.59 Å². The van der Waals surface area contributed by atoms with Crippen molar-refractivity contribution >= 4 is 35.3 Å². The number of aromatic nitrogens is 3. The Balaban J connectivity index is 1.72. The first-order valence-electron chi connectivity index (χ1n) is 8.71. The van der Waals surface area contributed by atoms with Crippen molar-refractivity contribution in [1.29, 1.82) is 0 Å². The molecule has 0 atom stereocenters. The molecule has 0 saturated carbocycles. The summed E-state index contributed by atoms with van der Waals surface area (Å²) in [6.07, 6.45) is 1.57. The number of hydrogen-bond acceptors (Lipinski definition) is 8. The smallest absolute Gasteiger partial charge is 0.337 e. The Morgan fingerprint density at radius 3 is 2.23 bits per heavy atom. The van der Waals surface area contributed by atoms with Crippen LogP contribution in [0.1, 0.15) is 20.7 Å². The minimum absolute atomic E-state index is 0.0432. The summed E-state index contributed by atoms with van der Waals surface area (Å²) < 4.78 is 11.1. The highest BCUT2D eigenvalue weighted by molar-refractivity contribution is 7.99. The van der Waals surface area contributed by atoms with E-state index < -0.39 is 11.9 Å². The Morgan fingerprint density at radius 1 is 1.00 bits per heavy atom. The summed E-state index contributed by atoms with van der Waals surface area (Å²) in [5, 5.41) is 11.2. The molecule has 2 aromatic carbocycles. The molecule has 0 saturated heterocycles. The zero-order valence-electron chi connectivity index (χ0n) is 16.2. The van der Waals surface area contributed by atoms with Crippen molar-refractivity contribution in [2.45, 2.75) is 5.16 Å². The van der Waals surface area contributed by atoms with Gasteiger partial charge in [-0.2, -0.15) is 0 Å². The number of esters is 2. The lowest BCUT2D eigenvalue weighted by Gasteiger charge is -2.10. The van der Waals surface area contributed by atoms with Gasteiger partial charge < -0.3 is 14.8 Å². The lowest BCUT2D eigenvalue weighted by molar-refractivity contribution is -0.113. The molecule has 1 amide bonds. The minimum Gasteiger partial charge on any atom is -0.465 e. The van der Waals surface area contributed by atoms with Crippen LogP contribution in [0.25, 0.3) is 5.69 Å². The number of amides is 1. The van der Waals surface area contributed by atoms with Crippen molar-refractivity contribution in [2.24, 2.45) is 0 Å². The number of nitrogens with one attached hydrogen (secondary N) is 1. The van der Waals surface area contributed by atoms with Crippen LogP contribution >= 0.6 is 11.8 Å². The molecule has 9 nitrogen and oxygen atoms in total. The van der Waals surface area contributed by atoms with Gasteiger partial charge >= 0.3 is 11.9 Å². The number of rotatable bonds is 7. The normalized spacial score (nSPS) is 10.3. The fourth-order valence-electron chi connectivity index (χ4n) is 2.59. The molecule has 10 heteroatoms. The van der Waals surface area contributed by atoms with E-state index >= 15 is 0 Å². The van der Waals surface area contributed by atoms with Crippen molar-refractivity contribution < 1.29 is 23.9 Å². The van der Waals surface area contributed by atoms with Crippen molar-refractivity contribution in [3.05, 3.63) is 66.0 Å². The fourth-order valence-corrected chi connectivity index (χ4v) is 3.32. The van der Waals surface area contributed by atoms with Crippen LogP contribution in [0.15, 0.2) is 60.0 Å². The monoisotopic (exact) mass is 426 g/mol. The first-order valence-corrected chi connectivity index (χ1v) is 9.70. The standard InChI is InChI=1S/C20H18N4O5S/c1-28-18(26)13-8-14(19(27)29-2)10-15(9-13)22-17(25)11-30-20-23-21-12-24(20)16-6-4-3-5-7-16/h3-10,12H,11H2,1-2H3,(H,22,25). The van der Waals surface area contributed by atoms with E-state index in [1.54, 1.807) is 10.9 Å². The van der Waals surface area contributed by atoms with Gasteiger partial charge in [-0.15, -0.1) is 10.2 Å². The Labute approximate surface area is 176 Å². The topological polar surface area (TPSA) is 112 Å². The third-order valence-corrected chi connectivity index (χ3v) is 4.89. The quantitative estimate of drug-likeness (QED) is 0.453. The molecule has 0 unspecified atom stereocenters. The van der Waals surface area contributed by atoms with E-state index in [-0.39, 0.29) is 28.5 Å². The zero-order chi connectivity index (χ0) is 21.5. The molecule has 0 aliphatic rings. The van der Waals surface area contributed by atoms with Gasteiger partial charge in [0.05, 0.1) is 31.1 Å². The third kappa shape index (κ3) is 5.03. The number of nitrogens with zero attached hydrogens (tertiary/aromatic N) is 3. The molecule has 30 heavy (non-hydrogen) atoms. The molecule has 3 aromatic rings. The Morgan fingerprint density at radius 2 is 1.63 bits per heavy atom. The number of benzene rings is 2. The van der Waals surface area contributed by atoms with E-state index in [0.717, 1.165) is 5.69 Å². The molecule has 0 aliphatic carbocycles. The molecular weight excluding hydrogens is 408 g/mol. The molecule has 154 valence electrons. The van der Waals surface area contributed by atoms with Crippen LogP contribution in [0, 0.1) is 0 Å². The van der Waals surface area contributed by atoms with E-state index in [0.29, 0.717) is 5.16 Å². The van der Waals surface area contributed by atoms with Gasteiger partial charge in [0.25, 0.3) is 0 Å². The highest BCUT2D eigenvalue weighted by atomic mass is 32.2. The summed E-state index contributed by atoms with van der Waals surface area (Å²) in [4.78, 5) is 36.2. The molecule has 0 aliphatic heterocycles. The van der Waals surface area contributed by atoms with Gasteiger partial charge in [0.2, 0.25) is 5.91 Å². The average Bonchev–Trinajstić information content (AvgIpc) is 3.25. The van der Waals surface area contributed by atoms with E-state index in [2.05, 4.69) is 15.5 Å². The number of thioether (sulfide) groups is 1. The van der Waals surface area contributed by atoms with Gasteiger partial charge in [-0.1, -0.05) is 30.0 Å². The number of ether oxygens (including phenoxy) is 2. The predicted molar refractivity (Wildman–Crippen MR) is 110 cm³/mol. The Hall–Kier alpha value is -3.66. The number of methoxy groups -OCH3 is 2. The molecule has 0 spiro atoms. The van der Waals surface area contributed by atoms with E-state index in [9.17, 15) is 14.4 Å². The van der Waals surface area contributed by atoms with E-state index in [1.807, 2.05) is 30.3 Å². The van der Waals surface area contributed by atoms with Crippen molar-refractivity contribution in [2.75, 3.05) is 25.3 Å². The van der Waals surface area contributed by atoms with Crippen LogP contribution in [0.2, 0.25) is 0 Å². The lowest BCUT2D eigenvalue weighted by atomic mass is 10.1. The second-order valence-corrected chi connectivity index (χ2v) is 6.88. The maximum absolute atomic E-state index is 12.4. The highest BCUT2D eigenvalue weighted by Gasteiger charge is 2.16. The van der Waals surface area contributed by atoms with Crippen LogP contribution in [0.3, 0.4) is 0 Å². The van der Waals surface area contributed by atoms with E-state index in [4.69, 9.17) is 9.47 Å². The third-order valence-electron chi connectivity index (χ3n) is 3.94. The second kappa shape index (κ2) is 9.70. The number of carbonyl (C=O) groups is 3. The molecule has 0 bridgehead atoms. The van der Waals surface area contributed by atoms with Gasteiger partial charge in [-0.3, -0.25) is 9.36 Å². The highest BCUT2D eigenvalue weighted by Crippen LogP contribution is 2.21. The Kier molecular flexibility index (Phi) is 6.81. The molecule has 1 heterocycles. The van der Waals surface area contributed by atoms with Crippen LogP contribution in [-0.2, 0) is 14.3 Å². The molecule has 1 aromatic heterocycles. The summed E-state index contributed by atoms with van der Waals surface area (Å²) in [5.41, 5.74) is 1.38. The Bertz CT molecular complexity index is 1030.